The second-order valence-electron chi connectivity index (χ2n) is 21.1. The average molecular weight is 1160 g/mol. The van der Waals surface area contributed by atoms with Crippen LogP contribution in [-0.2, 0) is 49.7 Å². The minimum absolute atomic E-state index is 0.104. The monoisotopic (exact) mass is 1160 g/mol. The Morgan fingerprint density at radius 3 is 1.90 bits per heavy atom. The Morgan fingerprint density at radius 2 is 1.32 bits per heavy atom. The van der Waals surface area contributed by atoms with Gasteiger partial charge in [-0.2, -0.15) is 0 Å². The molecule has 3 heterocycles. The van der Waals surface area contributed by atoms with Crippen LogP contribution in [0.15, 0.2) is 18.2 Å². The number of nitrogens with one attached hydrogen (secondary N) is 5. The number of aromatic hydroxyl groups is 1. The lowest BCUT2D eigenvalue weighted by Crippen LogP contribution is -2.64. The van der Waals surface area contributed by atoms with Crippen LogP contribution in [0.5, 0.6) is 11.5 Å². The van der Waals surface area contributed by atoms with Gasteiger partial charge in [-0.05, 0) is 31.0 Å². The number of phenols is 1. The topological polar surface area (TPSA) is 461 Å². The van der Waals surface area contributed by atoms with Gasteiger partial charge in [0.05, 0.1) is 30.8 Å². The van der Waals surface area contributed by atoms with Crippen LogP contribution in [0, 0.1) is 5.92 Å². The summed E-state index contributed by atoms with van der Waals surface area (Å²) in [5.41, 5.74) is 4.87. The van der Waals surface area contributed by atoms with Gasteiger partial charge < -0.3 is 96.8 Å². The fourth-order valence-electron chi connectivity index (χ4n) is 10.0. The van der Waals surface area contributed by atoms with E-state index in [1.165, 1.54) is 45.4 Å². The van der Waals surface area contributed by atoms with E-state index in [0.29, 0.717) is 22.6 Å². The van der Waals surface area contributed by atoms with Crippen LogP contribution >= 0.6 is 0 Å². The van der Waals surface area contributed by atoms with Crippen LogP contribution in [-0.4, -0.2) is 204 Å². The number of hydrogen-bond acceptors (Lipinski definition) is 20. The van der Waals surface area contributed by atoms with Crippen molar-refractivity contribution < 1.29 is 97.3 Å². The molecule has 1 aromatic rings. The molecule has 16 atom stereocenters. The van der Waals surface area contributed by atoms with Crippen LogP contribution in [0.2, 0.25) is 0 Å². The molecule has 28 nitrogen and oxygen atoms in total. The number of benzene rings is 1. The maximum Gasteiger partial charge on any atom is 0.248 e. The molecule has 0 aliphatic carbocycles. The van der Waals surface area contributed by atoms with E-state index in [9.17, 15) is 93.1 Å². The fourth-order valence-corrected chi connectivity index (χ4v) is 10.3. The Hall–Kier alpha value is -5.63. The van der Waals surface area contributed by atoms with Crippen molar-refractivity contribution in [3.8, 4) is 11.5 Å². The van der Waals surface area contributed by atoms with Gasteiger partial charge in [0.2, 0.25) is 47.3 Å². The first kappa shape index (κ1) is 66.9. The number of amides is 8. The molecule has 8 amide bonds. The van der Waals surface area contributed by atoms with Crippen molar-refractivity contribution in [3.63, 3.8) is 0 Å². The zero-order valence-electron chi connectivity index (χ0n) is 45.2. The predicted molar refractivity (Wildman–Crippen MR) is 280 cm³/mol. The quantitative estimate of drug-likeness (QED) is 0.0351. The van der Waals surface area contributed by atoms with E-state index < -0.39 is 199 Å². The molecule has 3 aliphatic rings. The van der Waals surface area contributed by atoms with Crippen molar-refractivity contribution in [2.75, 3.05) is 13.1 Å². The molecule has 0 bridgehead atoms. The molecular weight excluding hydrogens is 1080 g/mol. The first-order valence-corrected chi connectivity index (χ1v) is 28.2. The average Bonchev–Trinajstić information content (AvgIpc) is 3.94. The van der Waals surface area contributed by atoms with Crippen molar-refractivity contribution >= 4 is 58.6 Å². The van der Waals surface area contributed by atoms with E-state index in [0.717, 1.165) is 57.2 Å². The van der Waals surface area contributed by atoms with Crippen molar-refractivity contribution in [2.45, 2.75) is 215 Å². The van der Waals surface area contributed by atoms with Crippen LogP contribution < -0.4 is 36.5 Å². The highest BCUT2D eigenvalue weighted by Crippen LogP contribution is 2.32. The largest absolute Gasteiger partial charge is 0.740 e. The van der Waals surface area contributed by atoms with Crippen molar-refractivity contribution in [1.29, 1.82) is 0 Å². The zero-order chi connectivity index (χ0) is 59.5. The van der Waals surface area contributed by atoms with E-state index in [2.05, 4.69) is 32.4 Å². The molecule has 0 spiro atoms. The molecule has 0 aromatic heterocycles. The number of hydrogen-bond donors (Lipinski definition) is 15. The van der Waals surface area contributed by atoms with Crippen LogP contribution in [0.25, 0.3) is 0 Å². The maximum absolute atomic E-state index is 14.6. The summed E-state index contributed by atoms with van der Waals surface area (Å²) in [6.07, 6.45) is -6.03. The van der Waals surface area contributed by atoms with Gasteiger partial charge in [-0.25, -0.2) is 4.21 Å². The molecule has 1 aromatic carbocycles. The minimum atomic E-state index is -3.29. The van der Waals surface area contributed by atoms with E-state index in [4.69, 9.17) is 5.73 Å². The maximum atomic E-state index is 14.6. The van der Waals surface area contributed by atoms with Gasteiger partial charge in [-0.1, -0.05) is 97.0 Å². The smallest absolute Gasteiger partial charge is 0.248 e. The molecule has 3 fully saturated rings. The second kappa shape index (κ2) is 32.1. The Bertz CT molecular complexity index is 2300. The van der Waals surface area contributed by atoms with Gasteiger partial charge in [0.25, 0.3) is 0 Å². The normalized spacial score (nSPS) is 28.4. The highest BCUT2D eigenvalue weighted by Gasteiger charge is 2.51. The summed E-state index contributed by atoms with van der Waals surface area (Å²) in [6.45, 7) is 3.46. The highest BCUT2D eigenvalue weighted by atomic mass is 32.2. The third-order valence-corrected chi connectivity index (χ3v) is 14.9. The number of nitrogens with two attached hydrogens (primary N) is 1. The molecule has 29 heteroatoms. The van der Waals surface area contributed by atoms with Crippen LogP contribution in [0.3, 0.4) is 0 Å². The number of phenolic OH excluding ortho intramolecular Hbond substituents is 1. The third-order valence-electron chi connectivity index (χ3n) is 14.6. The van der Waals surface area contributed by atoms with Gasteiger partial charge in [0.1, 0.15) is 65.9 Å². The molecule has 16 unspecified atom stereocenters. The van der Waals surface area contributed by atoms with Crippen molar-refractivity contribution in [2.24, 2.45) is 11.7 Å². The van der Waals surface area contributed by atoms with Gasteiger partial charge in [-0.15, -0.1) is 0 Å². The van der Waals surface area contributed by atoms with E-state index in [-0.39, 0.29) is 6.42 Å². The van der Waals surface area contributed by atoms with Crippen molar-refractivity contribution in [1.82, 2.24) is 36.4 Å². The SMILES string of the molecule is CCCCCCCCCCCCCCCC(=O)NC1CC(O)C(O)NC(=O)C2C(O)C(C)CN2C(=O)C(C(O)CC(N)=O)NC(=O)C(C(O)C(O)c2ccc(O)c(OS(=O)[O-])c2)NC(=O)C2CC(O)CN2C(=O)C(C(C)O)NC1=O. The number of unbranched alkanes of at least 4 members (excludes halogenated alkanes) is 12. The number of aliphatic hydroxyl groups excluding tert-OH is 8. The summed E-state index contributed by atoms with van der Waals surface area (Å²) in [5, 5.41) is 111. The first-order chi connectivity index (χ1) is 37.8. The molecular formula is C51H81N8O20S-. The molecule has 4 rings (SSSR count). The number of carbonyl (C=O) groups excluding carboxylic acids is 8. The lowest BCUT2D eigenvalue weighted by atomic mass is 9.96. The summed E-state index contributed by atoms with van der Waals surface area (Å²) in [7, 11) is 0. The van der Waals surface area contributed by atoms with E-state index in [1.54, 1.807) is 0 Å². The second-order valence-corrected chi connectivity index (χ2v) is 21.6. The van der Waals surface area contributed by atoms with Crippen molar-refractivity contribution in [3.05, 3.63) is 23.8 Å². The third kappa shape index (κ3) is 19.3. The summed E-state index contributed by atoms with van der Waals surface area (Å²) < 4.78 is 27.2. The predicted octanol–water partition coefficient (Wildman–Crippen LogP) is -3.63. The number of rotatable bonds is 24. The van der Waals surface area contributed by atoms with Gasteiger partial charge in [0, 0.05) is 38.3 Å². The molecule has 452 valence electrons. The Morgan fingerprint density at radius 1 is 0.762 bits per heavy atom. The summed E-state index contributed by atoms with van der Waals surface area (Å²) in [6, 6.07) is -10.0. The molecule has 80 heavy (non-hydrogen) atoms. The lowest BCUT2D eigenvalue weighted by Gasteiger charge is -2.34. The van der Waals surface area contributed by atoms with E-state index >= 15 is 0 Å². The summed E-state index contributed by atoms with van der Waals surface area (Å²) >= 11 is -3.29. The Kier molecular flexibility index (Phi) is 26.9. The van der Waals surface area contributed by atoms with Crippen LogP contribution in [0.1, 0.15) is 142 Å². The zero-order valence-corrected chi connectivity index (χ0v) is 46.0. The molecule has 0 radical (unpaired) electrons. The fraction of sp³-hybridized carbons (Fsp3) is 0.725. The molecule has 16 N–H and O–H groups in total. The lowest BCUT2D eigenvalue weighted by molar-refractivity contribution is -0.149. The Balaban J connectivity index is 1.73. The summed E-state index contributed by atoms with van der Waals surface area (Å²) in [5.74, 6) is -12.7. The molecule has 3 aliphatic heterocycles. The minimum Gasteiger partial charge on any atom is -0.740 e. The van der Waals surface area contributed by atoms with Gasteiger partial charge >= 0.3 is 0 Å². The van der Waals surface area contributed by atoms with Gasteiger partial charge in [-0.3, -0.25) is 38.4 Å². The Labute approximate surface area is 466 Å². The summed E-state index contributed by atoms with van der Waals surface area (Å²) in [4.78, 5) is 113. The molecule has 0 saturated carbocycles. The number of aliphatic hydroxyl groups is 8. The number of nitrogens with zero attached hydrogens (tertiary/aromatic N) is 2. The highest BCUT2D eigenvalue weighted by molar-refractivity contribution is 7.74. The standard InChI is InChI=1S/C51H82N8O20S/c1-4-5-6-7-8-9-10-11-12-13-14-15-16-17-37(66)53-30-22-34(64)47(72)57-49(74)41-42(67)26(2)24-59(41)51(76)39(33(63)23-36(52)65)55-48(73)40(44(69)43(68)28-18-19-32(62)35(20-28)79-80(77)78)56-46(71)31-21-29(61)25-58(31)50(75)38(27(3)60)54-45(30)70/h18-20,26-27,29-31,33-34,38-44,47,60-64,67-69,72H,4-17,21-25H2,1-3H3,(H2,52,65)(H,53,66)(H,54,70)(H,55,73)(H,56,71)(H,57,74)(H,77,78)/p-1. The number of carbonyl (C=O) groups is 8. The van der Waals surface area contributed by atoms with Gasteiger partial charge in [0.15, 0.2) is 17.7 Å². The van der Waals surface area contributed by atoms with Crippen LogP contribution in [0.4, 0.5) is 0 Å². The first-order valence-electron chi connectivity index (χ1n) is 27.2. The molecule has 3 saturated heterocycles. The van der Waals surface area contributed by atoms with E-state index in [1.807, 2.05) is 5.32 Å². The number of primary amides is 1. The number of fused-ring (bicyclic) bond motifs is 2.